The van der Waals surface area contributed by atoms with Gasteiger partial charge in [0.05, 0.1) is 18.0 Å². The molecule has 138 valence electrons. The summed E-state index contributed by atoms with van der Waals surface area (Å²) in [5, 5.41) is 4.51. The number of aromatic nitrogens is 4. The van der Waals surface area contributed by atoms with Gasteiger partial charge in [0.25, 0.3) is 5.56 Å². The topological polar surface area (TPSA) is 64.7 Å². The van der Waals surface area contributed by atoms with E-state index in [1.54, 1.807) is 34.8 Å². The van der Waals surface area contributed by atoms with Crippen LogP contribution in [-0.2, 0) is 25.9 Å². The van der Waals surface area contributed by atoms with E-state index < -0.39 is 0 Å². The highest BCUT2D eigenvalue weighted by Gasteiger charge is 2.25. The van der Waals surface area contributed by atoms with Crippen molar-refractivity contribution in [3.05, 3.63) is 45.8 Å². The molecule has 1 aliphatic carbocycles. The molecule has 1 unspecified atom stereocenters. The van der Waals surface area contributed by atoms with Crippen molar-refractivity contribution in [3.8, 4) is 0 Å². The van der Waals surface area contributed by atoms with E-state index in [-0.39, 0.29) is 5.56 Å². The molecule has 4 rings (SSSR count). The van der Waals surface area contributed by atoms with Gasteiger partial charge in [-0.2, -0.15) is 0 Å². The lowest BCUT2D eigenvalue weighted by atomic mass is 9.93. The van der Waals surface area contributed by atoms with Gasteiger partial charge in [-0.05, 0) is 37.3 Å². The molecule has 0 saturated carbocycles. The molecular formula is C19H25N5OS. The second kappa shape index (κ2) is 7.32. The molecule has 0 aliphatic heterocycles. The summed E-state index contributed by atoms with van der Waals surface area (Å²) in [7, 11) is 0. The zero-order valence-electron chi connectivity index (χ0n) is 15.3. The van der Waals surface area contributed by atoms with Crippen molar-refractivity contribution >= 4 is 21.6 Å². The van der Waals surface area contributed by atoms with Crippen molar-refractivity contribution < 1.29 is 0 Å². The monoisotopic (exact) mass is 371 g/mol. The molecule has 3 heterocycles. The van der Waals surface area contributed by atoms with Crippen LogP contribution in [0.5, 0.6) is 0 Å². The maximum Gasteiger partial charge on any atom is 0.262 e. The average Bonchev–Trinajstić information content (AvgIpc) is 3.26. The van der Waals surface area contributed by atoms with Gasteiger partial charge in [-0.1, -0.05) is 13.8 Å². The molecule has 0 radical (unpaired) electrons. The quantitative estimate of drug-likeness (QED) is 0.723. The van der Waals surface area contributed by atoms with Crippen molar-refractivity contribution in [2.45, 2.75) is 52.2 Å². The average molecular weight is 372 g/mol. The summed E-state index contributed by atoms with van der Waals surface area (Å²) < 4.78 is 3.71. The minimum absolute atomic E-state index is 0.0983. The summed E-state index contributed by atoms with van der Waals surface area (Å²) in [6, 6.07) is 0.515. The lowest BCUT2D eigenvalue weighted by molar-refractivity contribution is 0.428. The number of fused-ring (bicyclic) bond motifs is 3. The summed E-state index contributed by atoms with van der Waals surface area (Å²) in [6.45, 7) is 6.85. The molecule has 7 heteroatoms. The number of hydrogen-bond acceptors (Lipinski definition) is 5. The van der Waals surface area contributed by atoms with Crippen LogP contribution in [0.3, 0.4) is 0 Å². The Morgan fingerprint density at radius 2 is 2.23 bits per heavy atom. The molecule has 3 aromatic heterocycles. The molecule has 1 aliphatic rings. The van der Waals surface area contributed by atoms with Crippen molar-refractivity contribution in [3.63, 3.8) is 0 Å². The smallest absolute Gasteiger partial charge is 0.262 e. The van der Waals surface area contributed by atoms with Crippen molar-refractivity contribution in [2.24, 2.45) is 5.92 Å². The lowest BCUT2D eigenvalue weighted by Crippen LogP contribution is -2.36. The maximum absolute atomic E-state index is 13.0. The van der Waals surface area contributed by atoms with Gasteiger partial charge in [0.2, 0.25) is 0 Å². The van der Waals surface area contributed by atoms with Crippen LogP contribution < -0.4 is 10.9 Å². The third-order valence-corrected chi connectivity index (χ3v) is 6.17. The fourth-order valence-electron chi connectivity index (χ4n) is 3.58. The van der Waals surface area contributed by atoms with Gasteiger partial charge in [0.1, 0.15) is 4.83 Å². The Labute approximate surface area is 156 Å². The van der Waals surface area contributed by atoms with Crippen LogP contribution in [0, 0.1) is 5.92 Å². The first kappa shape index (κ1) is 17.4. The van der Waals surface area contributed by atoms with Crippen LogP contribution in [-0.4, -0.2) is 31.7 Å². The van der Waals surface area contributed by atoms with Gasteiger partial charge < -0.3 is 9.88 Å². The Hall–Kier alpha value is -1.99. The van der Waals surface area contributed by atoms with Crippen LogP contribution >= 0.6 is 11.3 Å². The van der Waals surface area contributed by atoms with Crippen molar-refractivity contribution in [2.75, 3.05) is 6.54 Å². The largest absolute Gasteiger partial charge is 0.336 e. The zero-order chi connectivity index (χ0) is 18.1. The summed E-state index contributed by atoms with van der Waals surface area (Å²) in [5.41, 5.74) is 1.34. The molecule has 0 spiro atoms. The molecule has 6 nitrogen and oxygen atoms in total. The Morgan fingerprint density at radius 1 is 1.35 bits per heavy atom. The molecular weight excluding hydrogens is 346 g/mol. The Morgan fingerprint density at radius 3 is 3.00 bits per heavy atom. The van der Waals surface area contributed by atoms with Gasteiger partial charge in [0, 0.05) is 36.4 Å². The van der Waals surface area contributed by atoms with Gasteiger partial charge in [0.15, 0.2) is 0 Å². The number of nitrogens with zero attached hydrogens (tertiary/aromatic N) is 4. The van der Waals surface area contributed by atoms with E-state index in [0.29, 0.717) is 18.5 Å². The molecule has 3 aromatic rings. The van der Waals surface area contributed by atoms with Crippen LogP contribution in [0.2, 0.25) is 0 Å². The van der Waals surface area contributed by atoms with Gasteiger partial charge >= 0.3 is 0 Å². The third kappa shape index (κ3) is 3.46. The van der Waals surface area contributed by atoms with Crippen LogP contribution in [0.25, 0.3) is 10.2 Å². The molecule has 0 aromatic carbocycles. The Kier molecular flexibility index (Phi) is 4.91. The number of imidazole rings is 1. The molecule has 26 heavy (non-hydrogen) atoms. The van der Waals surface area contributed by atoms with Crippen molar-refractivity contribution in [1.29, 1.82) is 0 Å². The predicted molar refractivity (Wildman–Crippen MR) is 105 cm³/mol. The van der Waals surface area contributed by atoms with E-state index in [9.17, 15) is 4.79 Å². The predicted octanol–water partition coefficient (Wildman–Crippen LogP) is 2.46. The first-order valence-corrected chi connectivity index (χ1v) is 10.1. The van der Waals surface area contributed by atoms with E-state index in [1.165, 1.54) is 10.4 Å². The van der Waals surface area contributed by atoms with E-state index in [1.807, 2.05) is 10.8 Å². The highest BCUT2D eigenvalue weighted by Crippen LogP contribution is 2.33. The van der Waals surface area contributed by atoms with Crippen LogP contribution in [0.4, 0.5) is 0 Å². The SMILES string of the molecule is CC(C)CNC1CCc2c(sc3ncn(CCn4ccnc4)c(=O)c23)C1. The standard InChI is InChI=1S/C19H25N5OS/c1-13(2)10-21-14-3-4-15-16(9-14)26-18-17(15)19(25)24(12-22-18)8-7-23-6-5-20-11-23/h5-6,11-14,21H,3-4,7-10H2,1-2H3. The van der Waals surface area contributed by atoms with E-state index >= 15 is 0 Å². The van der Waals surface area contributed by atoms with Gasteiger partial charge in [-0.25, -0.2) is 9.97 Å². The van der Waals surface area contributed by atoms with Gasteiger partial charge in [-0.15, -0.1) is 11.3 Å². The van der Waals surface area contributed by atoms with Gasteiger partial charge in [-0.3, -0.25) is 9.36 Å². The highest BCUT2D eigenvalue weighted by molar-refractivity contribution is 7.18. The van der Waals surface area contributed by atoms with E-state index in [2.05, 4.69) is 29.1 Å². The van der Waals surface area contributed by atoms with E-state index in [4.69, 9.17) is 0 Å². The number of nitrogens with one attached hydrogen (secondary N) is 1. The summed E-state index contributed by atoms with van der Waals surface area (Å²) in [4.78, 5) is 23.9. The second-order valence-electron chi connectivity index (χ2n) is 7.47. The van der Waals surface area contributed by atoms with Crippen molar-refractivity contribution in [1.82, 2.24) is 24.4 Å². The normalized spacial score (nSPS) is 17.1. The first-order valence-electron chi connectivity index (χ1n) is 9.30. The highest BCUT2D eigenvalue weighted by atomic mass is 32.1. The second-order valence-corrected chi connectivity index (χ2v) is 8.55. The third-order valence-electron chi connectivity index (χ3n) is 5.01. The van der Waals surface area contributed by atoms with Crippen LogP contribution in [0.1, 0.15) is 30.7 Å². The van der Waals surface area contributed by atoms with E-state index in [0.717, 1.165) is 42.6 Å². The molecule has 0 amide bonds. The summed E-state index contributed by atoms with van der Waals surface area (Å²) in [5.74, 6) is 0.656. The first-order chi connectivity index (χ1) is 12.6. The zero-order valence-corrected chi connectivity index (χ0v) is 16.1. The fourth-order valence-corrected chi connectivity index (χ4v) is 4.84. The molecule has 0 fully saturated rings. The fraction of sp³-hybridized carbons (Fsp3) is 0.526. The summed E-state index contributed by atoms with van der Waals surface area (Å²) in [6.07, 6.45) is 10.2. The molecule has 0 saturated heterocycles. The number of hydrogen-bond donors (Lipinski definition) is 1. The van der Waals surface area contributed by atoms with Crippen LogP contribution in [0.15, 0.2) is 29.8 Å². The molecule has 1 N–H and O–H groups in total. The number of aryl methyl sites for hydroxylation is 3. The molecule has 0 bridgehead atoms. The summed E-state index contributed by atoms with van der Waals surface area (Å²) >= 11 is 1.70. The Balaban J connectivity index is 1.57. The minimum Gasteiger partial charge on any atom is -0.336 e. The minimum atomic E-state index is 0.0983. The number of thiophene rings is 1. The number of rotatable bonds is 6. The Bertz CT molecular complexity index is 941. The lowest BCUT2D eigenvalue weighted by Gasteiger charge is -2.24. The maximum atomic E-state index is 13.0. The molecule has 1 atom stereocenters.